The first-order valence-corrected chi connectivity index (χ1v) is 9.32. The standard InChI is InChI=1S/C19H30N6O2/c1-7-25-15(5)18(14(4)23-25)13(3)20-9-16-10-21-19(22-11-16)24(6)12-17(26)27-8-2/h10-11,13,20H,7-9,12H2,1-6H3/t13-/m1/s1. The van der Waals surface area contributed by atoms with Crippen LogP contribution in [0.3, 0.4) is 0 Å². The van der Waals surface area contributed by atoms with Crippen LogP contribution in [0, 0.1) is 13.8 Å². The highest BCUT2D eigenvalue weighted by atomic mass is 16.5. The van der Waals surface area contributed by atoms with Crippen molar-refractivity contribution in [2.45, 2.75) is 53.8 Å². The maximum Gasteiger partial charge on any atom is 0.325 e. The number of anilines is 1. The summed E-state index contributed by atoms with van der Waals surface area (Å²) in [5, 5.41) is 8.09. The molecule has 0 aliphatic rings. The minimum absolute atomic E-state index is 0.127. The van der Waals surface area contributed by atoms with Crippen molar-refractivity contribution in [1.82, 2.24) is 25.1 Å². The van der Waals surface area contributed by atoms with Gasteiger partial charge in [0.15, 0.2) is 0 Å². The highest BCUT2D eigenvalue weighted by Crippen LogP contribution is 2.21. The number of nitrogens with one attached hydrogen (secondary N) is 1. The molecule has 1 atom stereocenters. The lowest BCUT2D eigenvalue weighted by molar-refractivity contribution is -0.141. The zero-order valence-electron chi connectivity index (χ0n) is 17.1. The van der Waals surface area contributed by atoms with E-state index in [1.165, 1.54) is 11.3 Å². The van der Waals surface area contributed by atoms with Crippen LogP contribution in [-0.4, -0.2) is 45.9 Å². The highest BCUT2D eigenvalue weighted by Gasteiger charge is 2.17. The smallest absolute Gasteiger partial charge is 0.325 e. The van der Waals surface area contributed by atoms with Crippen LogP contribution in [0.2, 0.25) is 0 Å². The fourth-order valence-electron chi connectivity index (χ4n) is 3.13. The van der Waals surface area contributed by atoms with Crippen LogP contribution in [0.15, 0.2) is 12.4 Å². The second-order valence-corrected chi connectivity index (χ2v) is 6.56. The van der Waals surface area contributed by atoms with Crippen LogP contribution in [0.5, 0.6) is 0 Å². The summed E-state index contributed by atoms with van der Waals surface area (Å²) in [7, 11) is 1.77. The quantitative estimate of drug-likeness (QED) is 0.673. The molecule has 8 nitrogen and oxygen atoms in total. The van der Waals surface area contributed by atoms with Crippen molar-refractivity contribution < 1.29 is 9.53 Å². The van der Waals surface area contributed by atoms with E-state index in [0.29, 0.717) is 19.1 Å². The molecule has 0 amide bonds. The van der Waals surface area contributed by atoms with E-state index in [9.17, 15) is 4.79 Å². The first kappa shape index (κ1) is 20.8. The van der Waals surface area contributed by atoms with Crippen LogP contribution in [-0.2, 0) is 22.6 Å². The van der Waals surface area contributed by atoms with Gasteiger partial charge in [0.1, 0.15) is 6.54 Å². The van der Waals surface area contributed by atoms with Gasteiger partial charge in [-0.1, -0.05) is 0 Å². The normalized spacial score (nSPS) is 12.1. The first-order valence-electron chi connectivity index (χ1n) is 9.32. The third-order valence-electron chi connectivity index (χ3n) is 4.49. The summed E-state index contributed by atoms with van der Waals surface area (Å²) in [5.41, 5.74) is 4.47. The third-order valence-corrected chi connectivity index (χ3v) is 4.49. The van der Waals surface area contributed by atoms with Crippen LogP contribution in [0.1, 0.15) is 49.3 Å². The average Bonchev–Trinajstić information content (AvgIpc) is 2.93. The summed E-state index contributed by atoms with van der Waals surface area (Å²) in [6.45, 7) is 12.2. The van der Waals surface area contributed by atoms with Crippen molar-refractivity contribution in [3.63, 3.8) is 0 Å². The number of rotatable bonds is 9. The molecule has 148 valence electrons. The largest absolute Gasteiger partial charge is 0.465 e. The van der Waals surface area contributed by atoms with Crippen molar-refractivity contribution in [2.75, 3.05) is 25.1 Å². The number of esters is 1. The molecule has 0 bridgehead atoms. The Morgan fingerprint density at radius 2 is 1.96 bits per heavy atom. The van der Waals surface area contributed by atoms with Gasteiger partial charge in [-0.3, -0.25) is 9.48 Å². The van der Waals surface area contributed by atoms with Crippen molar-refractivity contribution >= 4 is 11.9 Å². The number of aromatic nitrogens is 4. The Morgan fingerprint density at radius 1 is 1.30 bits per heavy atom. The summed E-state index contributed by atoms with van der Waals surface area (Å²) in [4.78, 5) is 21.9. The maximum absolute atomic E-state index is 11.5. The third kappa shape index (κ3) is 5.26. The van der Waals surface area contributed by atoms with E-state index in [-0.39, 0.29) is 18.6 Å². The number of ether oxygens (including phenoxy) is 1. The van der Waals surface area contributed by atoms with E-state index >= 15 is 0 Å². The fraction of sp³-hybridized carbons (Fsp3) is 0.579. The minimum atomic E-state index is -0.290. The van der Waals surface area contributed by atoms with Gasteiger partial charge in [0, 0.05) is 55.4 Å². The molecule has 2 aromatic heterocycles. The number of aryl methyl sites for hydroxylation is 2. The Morgan fingerprint density at radius 3 is 2.52 bits per heavy atom. The average molecular weight is 374 g/mol. The number of hydrogen-bond donors (Lipinski definition) is 1. The molecule has 0 fully saturated rings. The van der Waals surface area contributed by atoms with Gasteiger partial charge in [0.05, 0.1) is 12.3 Å². The molecule has 1 N–H and O–H groups in total. The molecule has 0 radical (unpaired) electrons. The Hall–Kier alpha value is -2.48. The molecule has 2 rings (SSSR count). The van der Waals surface area contributed by atoms with Crippen molar-refractivity contribution in [2.24, 2.45) is 0 Å². The lowest BCUT2D eigenvalue weighted by Gasteiger charge is -2.17. The van der Waals surface area contributed by atoms with E-state index < -0.39 is 0 Å². The lowest BCUT2D eigenvalue weighted by atomic mass is 10.1. The molecule has 0 saturated carbocycles. The predicted octanol–water partition coefficient (Wildman–Crippen LogP) is 2.16. The topological polar surface area (TPSA) is 85.2 Å². The number of nitrogens with zero attached hydrogens (tertiary/aromatic N) is 5. The Bertz CT molecular complexity index is 756. The van der Waals surface area contributed by atoms with Crippen molar-refractivity contribution in [3.8, 4) is 0 Å². The predicted molar refractivity (Wildman–Crippen MR) is 105 cm³/mol. The summed E-state index contributed by atoms with van der Waals surface area (Å²) in [6, 6.07) is 0.177. The molecule has 2 heterocycles. The number of carbonyl (C=O) groups is 1. The molecule has 0 aliphatic heterocycles. The Balaban J connectivity index is 1.95. The van der Waals surface area contributed by atoms with Gasteiger partial charge in [-0.15, -0.1) is 0 Å². The number of hydrogen-bond acceptors (Lipinski definition) is 7. The molecule has 0 aliphatic carbocycles. The van der Waals surface area contributed by atoms with Crippen LogP contribution >= 0.6 is 0 Å². The molecule has 0 saturated heterocycles. The summed E-state index contributed by atoms with van der Waals surface area (Å²) in [6.07, 6.45) is 3.55. The lowest BCUT2D eigenvalue weighted by Crippen LogP contribution is -2.28. The molecule has 8 heteroatoms. The molecular formula is C19H30N6O2. The minimum Gasteiger partial charge on any atom is -0.465 e. The molecular weight excluding hydrogens is 344 g/mol. The van der Waals surface area contributed by atoms with Gasteiger partial charge >= 0.3 is 5.97 Å². The van der Waals surface area contributed by atoms with Crippen LogP contribution < -0.4 is 10.2 Å². The highest BCUT2D eigenvalue weighted by molar-refractivity contribution is 5.74. The zero-order valence-corrected chi connectivity index (χ0v) is 17.1. The second-order valence-electron chi connectivity index (χ2n) is 6.56. The van der Waals surface area contributed by atoms with Gasteiger partial charge in [0.2, 0.25) is 5.95 Å². The Labute approximate surface area is 160 Å². The van der Waals surface area contributed by atoms with Gasteiger partial charge in [-0.05, 0) is 34.6 Å². The van der Waals surface area contributed by atoms with E-state index in [1.54, 1.807) is 31.3 Å². The summed E-state index contributed by atoms with van der Waals surface area (Å²) >= 11 is 0. The van der Waals surface area contributed by atoms with Gasteiger partial charge < -0.3 is 15.0 Å². The second kappa shape index (κ2) is 9.45. The molecule has 0 spiro atoms. The van der Waals surface area contributed by atoms with E-state index in [4.69, 9.17) is 4.74 Å². The number of likely N-dealkylation sites (N-methyl/N-ethyl adjacent to an activating group) is 1. The van der Waals surface area contributed by atoms with E-state index in [0.717, 1.165) is 17.8 Å². The van der Waals surface area contributed by atoms with Gasteiger partial charge in [-0.25, -0.2) is 9.97 Å². The van der Waals surface area contributed by atoms with E-state index in [1.807, 2.05) is 11.6 Å². The molecule has 2 aromatic rings. The summed E-state index contributed by atoms with van der Waals surface area (Å²) in [5.74, 6) is 0.206. The first-order chi connectivity index (χ1) is 12.9. The SMILES string of the molecule is CCOC(=O)CN(C)c1ncc(CN[C@H](C)c2c(C)nn(CC)c2C)cn1. The molecule has 27 heavy (non-hydrogen) atoms. The van der Waals surface area contributed by atoms with Crippen LogP contribution in [0.4, 0.5) is 5.95 Å². The van der Waals surface area contributed by atoms with Crippen LogP contribution in [0.25, 0.3) is 0 Å². The molecule has 0 unspecified atom stereocenters. The number of carbonyl (C=O) groups excluding carboxylic acids is 1. The van der Waals surface area contributed by atoms with Gasteiger partial charge in [-0.2, -0.15) is 5.10 Å². The van der Waals surface area contributed by atoms with Crippen molar-refractivity contribution in [3.05, 3.63) is 34.9 Å². The molecule has 0 aromatic carbocycles. The van der Waals surface area contributed by atoms with Crippen molar-refractivity contribution in [1.29, 1.82) is 0 Å². The monoisotopic (exact) mass is 374 g/mol. The zero-order chi connectivity index (χ0) is 20.0. The Kier molecular flexibility index (Phi) is 7.29. The fourth-order valence-corrected chi connectivity index (χ4v) is 3.13. The van der Waals surface area contributed by atoms with E-state index in [2.05, 4.69) is 41.2 Å². The summed E-state index contributed by atoms with van der Waals surface area (Å²) < 4.78 is 6.97. The van der Waals surface area contributed by atoms with Gasteiger partial charge in [0.25, 0.3) is 0 Å². The maximum atomic E-state index is 11.5.